The van der Waals surface area contributed by atoms with Crippen LogP contribution in [-0.4, -0.2) is 97.3 Å². The normalized spacial score (nSPS) is 11.9. The average molecular weight is 1060 g/mol. The SMILES string of the molecule is C=C(C)C(=O)OCCOc1c2cc(C(=O)CCCCC)cc1Cc1cc(C(=O)CCCCC)cc(c1OCCO)Cc1cc(C(=O)CCCCC)cc(c1OCCO)Cc1cc(C(=O)CCCCC)cc(c1OCCO)C2. The zero-order valence-electron chi connectivity index (χ0n) is 46.5. The maximum Gasteiger partial charge on any atom is 0.333 e. The predicted octanol–water partition coefficient (Wildman–Crippen LogP) is 12.0. The molecule has 4 aromatic rings. The maximum atomic E-state index is 14.4. The van der Waals surface area contributed by atoms with E-state index in [4.69, 9.17) is 23.7 Å². The summed E-state index contributed by atoms with van der Waals surface area (Å²) in [6.45, 7) is 12.1. The Morgan fingerprint density at radius 2 is 0.623 bits per heavy atom. The third kappa shape index (κ3) is 18.2. The highest BCUT2D eigenvalue weighted by atomic mass is 16.6. The molecule has 418 valence electrons. The van der Waals surface area contributed by atoms with Gasteiger partial charge in [0.1, 0.15) is 56.0 Å². The predicted molar refractivity (Wildman–Crippen MR) is 300 cm³/mol. The summed E-state index contributed by atoms with van der Waals surface area (Å²) in [5.74, 6) is 0.683. The van der Waals surface area contributed by atoms with Crippen molar-refractivity contribution in [1.29, 1.82) is 0 Å². The fourth-order valence-corrected chi connectivity index (χ4v) is 9.84. The Morgan fingerprint density at radius 1 is 0.390 bits per heavy atom. The maximum absolute atomic E-state index is 14.4. The Labute approximate surface area is 456 Å². The molecule has 8 bridgehead atoms. The number of hydrogen-bond acceptors (Lipinski definition) is 13. The minimum atomic E-state index is -0.580. The molecule has 5 rings (SSSR count). The summed E-state index contributed by atoms with van der Waals surface area (Å²) in [5.41, 5.74) is 6.56. The minimum Gasteiger partial charge on any atom is -0.491 e. The number of aliphatic hydroxyl groups excluding tert-OH is 3. The molecule has 0 fully saturated rings. The van der Waals surface area contributed by atoms with E-state index in [9.17, 15) is 39.3 Å². The first-order valence-electron chi connectivity index (χ1n) is 28.2. The van der Waals surface area contributed by atoms with Gasteiger partial charge in [-0.05, 0) is 126 Å². The van der Waals surface area contributed by atoms with E-state index in [0.29, 0.717) is 141 Å². The second kappa shape index (κ2) is 32.6. The van der Waals surface area contributed by atoms with E-state index < -0.39 is 5.97 Å². The van der Waals surface area contributed by atoms with Crippen molar-refractivity contribution in [3.8, 4) is 23.0 Å². The van der Waals surface area contributed by atoms with E-state index in [2.05, 4.69) is 34.3 Å². The highest BCUT2D eigenvalue weighted by molar-refractivity contribution is 5.99. The zero-order chi connectivity index (χ0) is 55.7. The van der Waals surface area contributed by atoms with Gasteiger partial charge in [0.15, 0.2) is 23.1 Å². The molecule has 0 spiro atoms. The van der Waals surface area contributed by atoms with E-state index >= 15 is 0 Å². The van der Waals surface area contributed by atoms with Gasteiger partial charge in [-0.3, -0.25) is 19.2 Å². The number of fused-ring (bicyclic) bond motifs is 8. The van der Waals surface area contributed by atoms with Crippen LogP contribution in [0.5, 0.6) is 23.0 Å². The van der Waals surface area contributed by atoms with Crippen molar-refractivity contribution >= 4 is 29.1 Å². The van der Waals surface area contributed by atoms with Gasteiger partial charge in [-0.1, -0.05) is 85.6 Å². The first-order valence-corrected chi connectivity index (χ1v) is 28.2. The Bertz CT molecular complexity index is 2510. The van der Waals surface area contributed by atoms with Gasteiger partial charge in [-0.15, -0.1) is 0 Å². The number of carbonyl (C=O) groups excluding carboxylic acids is 5. The third-order valence-electron chi connectivity index (χ3n) is 13.7. The number of carbonyl (C=O) groups is 5. The molecule has 0 aromatic heterocycles. The lowest BCUT2D eigenvalue weighted by Crippen LogP contribution is -2.16. The molecular formula is C64H84O13. The van der Waals surface area contributed by atoms with Crippen LogP contribution >= 0.6 is 0 Å². The van der Waals surface area contributed by atoms with Crippen LogP contribution in [0.1, 0.15) is 223 Å². The quantitative estimate of drug-likeness (QED) is 0.0153. The number of Topliss-reactive ketones (excluding diaryl/α,β-unsaturated/α-hetero) is 4. The highest BCUT2D eigenvalue weighted by Gasteiger charge is 2.27. The van der Waals surface area contributed by atoms with Crippen molar-refractivity contribution in [1.82, 2.24) is 0 Å². The van der Waals surface area contributed by atoms with Crippen LogP contribution in [0, 0.1) is 0 Å². The first kappa shape index (κ1) is 61.7. The van der Waals surface area contributed by atoms with Gasteiger partial charge in [-0.2, -0.15) is 0 Å². The van der Waals surface area contributed by atoms with Crippen molar-refractivity contribution in [2.24, 2.45) is 0 Å². The van der Waals surface area contributed by atoms with Crippen LogP contribution in [0.15, 0.2) is 60.7 Å². The molecule has 3 N–H and O–H groups in total. The largest absolute Gasteiger partial charge is 0.491 e. The van der Waals surface area contributed by atoms with Crippen LogP contribution < -0.4 is 18.9 Å². The van der Waals surface area contributed by atoms with Gasteiger partial charge in [0.25, 0.3) is 0 Å². The van der Waals surface area contributed by atoms with Crippen molar-refractivity contribution in [2.45, 2.75) is 163 Å². The Hall–Kier alpha value is -6.15. The van der Waals surface area contributed by atoms with Crippen LogP contribution in [0.3, 0.4) is 0 Å². The van der Waals surface area contributed by atoms with Gasteiger partial charge in [0, 0.05) is 79.2 Å². The highest BCUT2D eigenvalue weighted by Crippen LogP contribution is 2.42. The standard InChI is InChI=1S/C64H84O13/c1-7-11-15-19-56(68)44-31-48-39-50-33-45(57(69)20-16-12-8-2)35-52(61(50)74-27-24-66)41-54-37-47(59(71)22-18-14-10-4)38-55(63(54)76-29-30-77-64(72)43(5)6)42-53-36-46(58(70)21-17-13-9-3)34-51(62(53)75-28-25-67)40-49(32-44)60(48)73-26-23-65/h31-38,65-67H,5,7-30,39-42H2,1-4,6H3. The van der Waals surface area contributed by atoms with Gasteiger partial charge < -0.3 is 39.0 Å². The van der Waals surface area contributed by atoms with Crippen molar-refractivity contribution in [3.05, 3.63) is 127 Å². The molecule has 0 aliphatic heterocycles. The van der Waals surface area contributed by atoms with Crippen molar-refractivity contribution in [3.63, 3.8) is 0 Å². The lowest BCUT2D eigenvalue weighted by atomic mass is 9.86. The van der Waals surface area contributed by atoms with Crippen LogP contribution in [-0.2, 0) is 35.2 Å². The Balaban J connectivity index is 1.98. The van der Waals surface area contributed by atoms with Gasteiger partial charge in [0.2, 0.25) is 0 Å². The summed E-state index contributed by atoms with van der Waals surface area (Å²) >= 11 is 0. The number of rotatable bonds is 34. The molecule has 13 heteroatoms. The van der Waals surface area contributed by atoms with Crippen molar-refractivity contribution < 1.29 is 63.0 Å². The summed E-state index contributed by atoms with van der Waals surface area (Å²) in [6.07, 6.45) is 11.4. The number of esters is 1. The molecule has 0 saturated carbocycles. The molecule has 0 atom stereocenters. The van der Waals surface area contributed by atoms with E-state index in [1.165, 1.54) is 0 Å². The van der Waals surface area contributed by atoms with Crippen LogP contribution in [0.4, 0.5) is 0 Å². The molecule has 4 aromatic carbocycles. The van der Waals surface area contributed by atoms with Gasteiger partial charge in [0.05, 0.1) is 19.8 Å². The van der Waals surface area contributed by atoms with Gasteiger partial charge >= 0.3 is 5.97 Å². The number of ketones is 4. The number of ether oxygens (including phenoxy) is 5. The fourth-order valence-electron chi connectivity index (χ4n) is 9.84. The lowest BCUT2D eigenvalue weighted by Gasteiger charge is -2.24. The summed E-state index contributed by atoms with van der Waals surface area (Å²) in [5, 5.41) is 30.9. The summed E-state index contributed by atoms with van der Waals surface area (Å²) in [7, 11) is 0. The molecular weight excluding hydrogens is 977 g/mol. The molecule has 0 amide bonds. The van der Waals surface area contributed by atoms with Gasteiger partial charge in [-0.25, -0.2) is 4.79 Å². The number of hydrogen-bond donors (Lipinski definition) is 3. The molecule has 0 unspecified atom stereocenters. The fraction of sp³-hybridized carbons (Fsp3) is 0.516. The second-order valence-corrected chi connectivity index (χ2v) is 20.2. The summed E-state index contributed by atoms with van der Waals surface area (Å²) in [4.78, 5) is 70.2. The molecule has 13 nitrogen and oxygen atoms in total. The van der Waals surface area contributed by atoms with E-state index in [1.807, 2.05) is 48.5 Å². The Morgan fingerprint density at radius 3 is 0.831 bits per heavy atom. The zero-order valence-corrected chi connectivity index (χ0v) is 46.5. The summed E-state index contributed by atoms with van der Waals surface area (Å²) in [6, 6.07) is 14.5. The van der Waals surface area contributed by atoms with Crippen molar-refractivity contribution in [2.75, 3.05) is 52.9 Å². The molecule has 0 saturated heterocycles. The first-order chi connectivity index (χ1) is 37.3. The lowest BCUT2D eigenvalue weighted by molar-refractivity contribution is -0.139. The molecule has 0 radical (unpaired) electrons. The van der Waals surface area contributed by atoms with E-state index in [1.54, 1.807) is 6.92 Å². The topological polar surface area (TPSA) is 192 Å². The molecule has 1 aliphatic carbocycles. The Kier molecular flexibility index (Phi) is 26.1. The summed E-state index contributed by atoms with van der Waals surface area (Å²) < 4.78 is 31.8. The number of unbranched alkanes of at least 4 members (excludes halogenated alkanes) is 8. The average Bonchev–Trinajstić information content (AvgIpc) is 3.42. The minimum absolute atomic E-state index is 0.0674. The van der Waals surface area contributed by atoms with E-state index in [0.717, 1.165) is 51.4 Å². The molecule has 0 heterocycles. The number of aliphatic hydroxyl groups is 3. The van der Waals surface area contributed by atoms with E-state index in [-0.39, 0.29) is 107 Å². The third-order valence-corrected chi connectivity index (χ3v) is 13.7. The van der Waals surface area contributed by atoms with Crippen LogP contribution in [0.25, 0.3) is 0 Å². The second-order valence-electron chi connectivity index (χ2n) is 20.2. The monoisotopic (exact) mass is 1060 g/mol. The molecule has 77 heavy (non-hydrogen) atoms. The smallest absolute Gasteiger partial charge is 0.333 e. The molecule has 1 aliphatic rings. The van der Waals surface area contributed by atoms with Crippen LogP contribution in [0.2, 0.25) is 0 Å². The number of benzene rings is 4.